The smallest absolute Gasteiger partial charge is 0.345 e. The fraction of sp³-hybridized carbons (Fsp3) is 0.396. The van der Waals surface area contributed by atoms with E-state index in [0.717, 1.165) is 109 Å². The van der Waals surface area contributed by atoms with E-state index in [2.05, 4.69) is 38.9 Å². The number of likely N-dealkylation sites (N-methyl/N-ethyl adjacent to an activating group) is 1. The number of morpholine rings is 1. The van der Waals surface area contributed by atoms with Crippen LogP contribution in [0.15, 0.2) is 79.1 Å². The topological polar surface area (TPSA) is 136 Å². The Morgan fingerprint density at radius 3 is 2.59 bits per heavy atom. The number of hydrogen-bond donors (Lipinski definition) is 1. The monoisotopic (exact) mass is 889 g/mol. The number of pyridine rings is 1. The minimum absolute atomic E-state index is 0.0365. The molecule has 0 bridgehead atoms. The number of aromatic nitrogens is 4. The number of carboxylic acids is 1. The number of halogens is 1. The van der Waals surface area contributed by atoms with E-state index in [9.17, 15) is 9.90 Å². The average molecular weight is 891 g/mol. The van der Waals surface area contributed by atoms with Crippen LogP contribution in [0.4, 0.5) is 5.69 Å². The van der Waals surface area contributed by atoms with Crippen LogP contribution in [0.5, 0.6) is 17.4 Å². The van der Waals surface area contributed by atoms with Gasteiger partial charge in [0.2, 0.25) is 12.0 Å². The van der Waals surface area contributed by atoms with Crippen LogP contribution in [0, 0.1) is 6.92 Å². The molecule has 0 amide bonds. The Bertz CT molecular complexity index is 2560. The number of carboxylic acid groups (broad SMARTS) is 1. The number of rotatable bonds is 16. The molecule has 1 aliphatic carbocycles. The Morgan fingerprint density at radius 2 is 1.79 bits per heavy atom. The third-order valence-corrected chi connectivity index (χ3v) is 13.6. The van der Waals surface area contributed by atoms with Crippen molar-refractivity contribution >= 4 is 44.9 Å². The predicted octanol–water partition coefficient (Wildman–Crippen LogP) is 8.16. The van der Waals surface area contributed by atoms with E-state index in [1.807, 2.05) is 67.7 Å². The number of aliphatic carboxylic acids is 1. The second kappa shape index (κ2) is 19.6. The van der Waals surface area contributed by atoms with Crippen molar-refractivity contribution in [2.45, 2.75) is 51.2 Å². The molecule has 5 heterocycles. The van der Waals surface area contributed by atoms with E-state index < -0.39 is 12.1 Å². The average Bonchev–Trinajstić information content (AvgIpc) is 3.70. The third-order valence-electron chi connectivity index (χ3n) is 12.4. The third kappa shape index (κ3) is 9.75. The summed E-state index contributed by atoms with van der Waals surface area (Å²) in [7, 11) is 2.15. The number of benzene rings is 3. The second-order valence-corrected chi connectivity index (χ2v) is 17.7. The van der Waals surface area contributed by atoms with Gasteiger partial charge in [-0.05, 0) is 85.4 Å². The fourth-order valence-electron chi connectivity index (χ4n) is 8.43. The van der Waals surface area contributed by atoms with Gasteiger partial charge in [-0.25, -0.2) is 14.8 Å². The zero-order valence-electron chi connectivity index (χ0n) is 35.7. The Morgan fingerprint density at radius 1 is 0.968 bits per heavy atom. The van der Waals surface area contributed by atoms with Crippen LogP contribution < -0.4 is 19.1 Å². The normalized spacial score (nSPS) is 16.8. The van der Waals surface area contributed by atoms with Crippen LogP contribution in [0.3, 0.4) is 0 Å². The summed E-state index contributed by atoms with van der Waals surface area (Å²) in [6.07, 6.45) is 5.50. The summed E-state index contributed by atoms with van der Waals surface area (Å²) in [5, 5.41) is 11.9. The molecule has 9 rings (SSSR count). The highest BCUT2D eigenvalue weighted by Gasteiger charge is 2.31. The van der Waals surface area contributed by atoms with E-state index in [1.165, 1.54) is 11.5 Å². The lowest BCUT2D eigenvalue weighted by atomic mass is 9.79. The van der Waals surface area contributed by atoms with Crippen molar-refractivity contribution in [1.29, 1.82) is 0 Å². The number of piperazine rings is 1. The maximum absolute atomic E-state index is 13.0. The molecule has 0 unspecified atom stereocenters. The molecule has 328 valence electrons. The molecule has 63 heavy (non-hydrogen) atoms. The van der Waals surface area contributed by atoms with Gasteiger partial charge in [0.1, 0.15) is 24.7 Å². The molecule has 0 radical (unpaired) electrons. The zero-order valence-corrected chi connectivity index (χ0v) is 37.2. The number of anilines is 1. The van der Waals surface area contributed by atoms with Crippen molar-refractivity contribution < 1.29 is 28.8 Å². The van der Waals surface area contributed by atoms with Crippen molar-refractivity contribution in [1.82, 2.24) is 29.1 Å². The molecule has 13 nitrogen and oxygen atoms in total. The van der Waals surface area contributed by atoms with Gasteiger partial charge in [0.15, 0.2) is 5.82 Å². The Kier molecular flexibility index (Phi) is 13.3. The van der Waals surface area contributed by atoms with Crippen molar-refractivity contribution in [2.75, 3.05) is 77.6 Å². The van der Waals surface area contributed by atoms with Crippen LogP contribution >= 0.6 is 23.1 Å². The van der Waals surface area contributed by atoms with Crippen LogP contribution in [-0.4, -0.2) is 119 Å². The van der Waals surface area contributed by atoms with Gasteiger partial charge in [-0.2, -0.15) is 4.37 Å². The van der Waals surface area contributed by atoms with Crippen LogP contribution in [0.1, 0.15) is 47.7 Å². The molecule has 1 atom stereocenters. The summed E-state index contributed by atoms with van der Waals surface area (Å²) in [6.45, 7) is 10.7. The number of nitrogens with zero attached hydrogens (tertiary/aromatic N) is 7. The van der Waals surface area contributed by atoms with Crippen LogP contribution in [-0.2, 0) is 22.6 Å². The summed E-state index contributed by atoms with van der Waals surface area (Å²) in [5.74, 6) is 1.19. The minimum atomic E-state index is -1.27. The maximum atomic E-state index is 13.0. The Hall–Kier alpha value is -5.38. The van der Waals surface area contributed by atoms with Crippen LogP contribution in [0.25, 0.3) is 32.6 Å². The molecule has 0 spiro atoms. The summed E-state index contributed by atoms with van der Waals surface area (Å²) in [4.78, 5) is 34.4. The molecule has 1 N–H and O–H groups in total. The van der Waals surface area contributed by atoms with E-state index in [4.69, 9.17) is 44.9 Å². The number of carbonyl (C=O) groups is 1. The van der Waals surface area contributed by atoms with Crippen molar-refractivity contribution in [3.63, 3.8) is 0 Å². The van der Waals surface area contributed by atoms with Gasteiger partial charge in [0.05, 0.1) is 39.7 Å². The minimum Gasteiger partial charge on any atom is -0.491 e. The van der Waals surface area contributed by atoms with Crippen molar-refractivity contribution in [2.24, 2.45) is 0 Å². The van der Waals surface area contributed by atoms with Crippen molar-refractivity contribution in [3.8, 4) is 39.9 Å². The number of ether oxygens (including phenoxy) is 4. The summed E-state index contributed by atoms with van der Waals surface area (Å²) >= 11 is 8.33. The van der Waals surface area contributed by atoms with E-state index >= 15 is 0 Å². The van der Waals surface area contributed by atoms with Gasteiger partial charge < -0.3 is 33.9 Å². The SMILES string of the molecule is Cc1c(-c2c(C3CCC3)ncc3snc(O[C@H](Cc4ccccc4OCc4ccnc(-c5cccc(N6CCOCC6)c5)n4)C(=O)O)c23)ccc(OCCN2CCN(C)CC2)c1Cl. The fourth-order valence-corrected chi connectivity index (χ4v) is 9.34. The van der Waals surface area contributed by atoms with Gasteiger partial charge >= 0.3 is 5.97 Å². The highest BCUT2D eigenvalue weighted by Crippen LogP contribution is 2.48. The highest BCUT2D eigenvalue weighted by atomic mass is 35.5. The van der Waals surface area contributed by atoms with Gasteiger partial charge in [-0.3, -0.25) is 9.88 Å². The van der Waals surface area contributed by atoms with Gasteiger partial charge in [-0.15, -0.1) is 0 Å². The molecule has 2 saturated heterocycles. The number of hydrogen-bond acceptors (Lipinski definition) is 13. The Balaban J connectivity index is 0.939. The molecule has 1 saturated carbocycles. The lowest BCUT2D eigenvalue weighted by molar-refractivity contribution is -0.145. The first-order valence-electron chi connectivity index (χ1n) is 21.8. The predicted molar refractivity (Wildman–Crippen MR) is 246 cm³/mol. The Labute approximate surface area is 376 Å². The highest BCUT2D eigenvalue weighted by molar-refractivity contribution is 7.13. The van der Waals surface area contributed by atoms with E-state index in [-0.39, 0.29) is 24.8 Å². The number of para-hydroxylation sites is 1. The quantitative estimate of drug-likeness (QED) is 0.100. The molecule has 3 fully saturated rings. The lowest BCUT2D eigenvalue weighted by Crippen LogP contribution is -2.45. The largest absolute Gasteiger partial charge is 0.491 e. The second-order valence-electron chi connectivity index (χ2n) is 16.5. The molecule has 6 aromatic rings. The molecule has 3 aromatic heterocycles. The van der Waals surface area contributed by atoms with Crippen LogP contribution in [0.2, 0.25) is 5.02 Å². The molecule has 3 aliphatic rings. The van der Waals surface area contributed by atoms with Gasteiger partial charge in [0, 0.05) is 87.4 Å². The van der Waals surface area contributed by atoms with Gasteiger partial charge in [-0.1, -0.05) is 54.4 Å². The van der Waals surface area contributed by atoms with E-state index in [0.29, 0.717) is 53.4 Å². The standard InChI is InChI=1S/C48H52ClN7O6S/c1-31-37(13-14-39(44(31)49)60-26-21-55-19-17-54(2)18-20-55)42-43-41(29-51-45(42)32-8-5-9-32)63-53-47(43)62-40(48(57)58)28-33-7-3-4-12-38(33)61-30-35-15-16-50-46(52-35)34-10-6-11-36(27-34)56-22-24-59-25-23-56/h3-4,6-7,10-16,27,29,32,40H,5,8-9,17-26,28,30H2,1-2H3,(H,57,58)/t40-/m1/s1. The summed E-state index contributed by atoms with van der Waals surface area (Å²) in [5.41, 5.74) is 6.98. The first-order chi connectivity index (χ1) is 30.8. The van der Waals surface area contributed by atoms with Gasteiger partial charge in [0.25, 0.3) is 0 Å². The van der Waals surface area contributed by atoms with E-state index in [1.54, 1.807) is 6.20 Å². The summed E-state index contributed by atoms with van der Waals surface area (Å²) in [6, 6.07) is 21.4. The summed E-state index contributed by atoms with van der Waals surface area (Å²) < 4.78 is 30.1. The maximum Gasteiger partial charge on any atom is 0.345 e. The molecule has 2 aliphatic heterocycles. The first-order valence-corrected chi connectivity index (χ1v) is 22.9. The lowest BCUT2D eigenvalue weighted by Gasteiger charge is -2.32. The zero-order chi connectivity index (χ0) is 43.3. The molecule has 3 aromatic carbocycles. The molecular weight excluding hydrogens is 838 g/mol. The number of fused-ring (bicyclic) bond motifs is 1. The first kappa shape index (κ1) is 42.9. The molecule has 15 heteroatoms. The van der Waals surface area contributed by atoms with Crippen molar-refractivity contribution in [3.05, 3.63) is 107 Å². The molecular formula is C48H52ClN7O6S.